The summed E-state index contributed by atoms with van der Waals surface area (Å²) in [6.45, 7) is 6.89. The van der Waals surface area contributed by atoms with Crippen molar-refractivity contribution < 1.29 is 14.3 Å². The predicted molar refractivity (Wildman–Crippen MR) is 216 cm³/mol. The highest BCUT2D eigenvalue weighted by Crippen LogP contribution is 2.56. The van der Waals surface area contributed by atoms with Crippen LogP contribution >= 0.6 is 0 Å². The molecule has 9 rings (SSSR count). The molecule has 3 aliphatic carbocycles. The van der Waals surface area contributed by atoms with Crippen molar-refractivity contribution in [2.45, 2.75) is 134 Å². The Kier molecular flexibility index (Phi) is 9.31. The second-order valence-corrected chi connectivity index (χ2v) is 17.4. The van der Waals surface area contributed by atoms with Crippen molar-refractivity contribution in [3.63, 3.8) is 0 Å². The molecule has 1 aliphatic heterocycles. The van der Waals surface area contributed by atoms with Gasteiger partial charge < -0.3 is 15.0 Å². The predicted octanol–water partition coefficient (Wildman–Crippen LogP) is 10.6. The van der Waals surface area contributed by atoms with Crippen LogP contribution in [0.2, 0.25) is 0 Å². The maximum absolute atomic E-state index is 15.1. The van der Waals surface area contributed by atoms with Crippen LogP contribution in [-0.4, -0.2) is 44.4 Å². The van der Waals surface area contributed by atoms with Gasteiger partial charge in [0.25, 0.3) is 5.91 Å². The third-order valence-corrected chi connectivity index (χ3v) is 13.4. The molecule has 54 heavy (non-hydrogen) atoms. The van der Waals surface area contributed by atoms with E-state index in [0.717, 1.165) is 109 Å². The van der Waals surface area contributed by atoms with Crippen LogP contribution in [0.15, 0.2) is 72.8 Å². The van der Waals surface area contributed by atoms with Crippen molar-refractivity contribution in [1.82, 2.24) is 20.2 Å². The van der Waals surface area contributed by atoms with E-state index in [1.807, 2.05) is 53.4 Å². The summed E-state index contributed by atoms with van der Waals surface area (Å²) < 4.78 is 6.97. The summed E-state index contributed by atoms with van der Waals surface area (Å²) in [6, 6.07) is 23.5. The molecule has 5 aromatic rings. The first-order chi connectivity index (χ1) is 26.3. The van der Waals surface area contributed by atoms with E-state index in [-0.39, 0.29) is 29.5 Å². The third kappa shape index (κ3) is 6.31. The zero-order valence-corrected chi connectivity index (χ0v) is 32.2. The maximum atomic E-state index is 15.1. The first-order valence-electron chi connectivity index (χ1n) is 20.8. The number of amides is 2. The van der Waals surface area contributed by atoms with E-state index in [4.69, 9.17) is 14.7 Å². The van der Waals surface area contributed by atoms with Crippen LogP contribution in [0.1, 0.15) is 138 Å². The topological polar surface area (TPSA) is 84.4 Å². The van der Waals surface area contributed by atoms with E-state index in [9.17, 15) is 4.79 Å². The average molecular weight is 723 g/mol. The fourth-order valence-corrected chi connectivity index (χ4v) is 10.6. The number of aromatic nitrogens is 2. The molecule has 7 nitrogen and oxygen atoms in total. The van der Waals surface area contributed by atoms with E-state index in [1.165, 1.54) is 18.4 Å². The second kappa shape index (κ2) is 14.3. The Labute approximate surface area is 319 Å². The average Bonchev–Trinajstić information content (AvgIpc) is 3.19. The Hall–Kier alpha value is -4.52. The van der Waals surface area contributed by atoms with Crippen molar-refractivity contribution in [2.75, 3.05) is 0 Å². The molecule has 4 aromatic carbocycles. The van der Waals surface area contributed by atoms with Gasteiger partial charge in [-0.15, -0.1) is 0 Å². The van der Waals surface area contributed by atoms with Crippen molar-refractivity contribution in [2.24, 2.45) is 11.8 Å². The quantitative estimate of drug-likeness (QED) is 0.139. The van der Waals surface area contributed by atoms with Gasteiger partial charge in [-0.3, -0.25) is 9.59 Å². The highest BCUT2D eigenvalue weighted by atomic mass is 16.5. The van der Waals surface area contributed by atoms with Gasteiger partial charge >= 0.3 is 0 Å². The highest BCUT2D eigenvalue weighted by molar-refractivity contribution is 6.11. The van der Waals surface area contributed by atoms with Crippen molar-refractivity contribution in [3.05, 3.63) is 89.5 Å². The normalized spacial score (nSPS) is 23.6. The highest BCUT2D eigenvalue weighted by Gasteiger charge is 2.48. The summed E-state index contributed by atoms with van der Waals surface area (Å²) in [7, 11) is 0. The number of hydrogen-bond donors (Lipinski definition) is 1. The lowest BCUT2D eigenvalue weighted by Crippen LogP contribution is -2.51. The Morgan fingerprint density at radius 3 is 2.22 bits per heavy atom. The van der Waals surface area contributed by atoms with E-state index in [2.05, 4.69) is 50.4 Å². The first-order valence-corrected chi connectivity index (χ1v) is 20.8. The minimum atomic E-state index is -0.715. The molecule has 4 aliphatic rings. The van der Waals surface area contributed by atoms with Gasteiger partial charge in [-0.2, -0.15) is 0 Å². The summed E-state index contributed by atoms with van der Waals surface area (Å²) in [6.07, 6.45) is 13.9. The summed E-state index contributed by atoms with van der Waals surface area (Å²) in [5.41, 5.74) is 5.56. The van der Waals surface area contributed by atoms with Crippen LogP contribution in [0.5, 0.6) is 5.75 Å². The number of carbonyl (C=O) groups is 2. The Morgan fingerprint density at radius 1 is 0.778 bits per heavy atom. The molecule has 280 valence electrons. The second-order valence-electron chi connectivity index (χ2n) is 17.4. The maximum Gasteiger partial charge on any atom is 0.255 e. The van der Waals surface area contributed by atoms with E-state index in [0.29, 0.717) is 28.8 Å². The molecule has 0 radical (unpaired) electrons. The lowest BCUT2D eigenvalue weighted by molar-refractivity contribution is -0.127. The molecule has 1 aromatic heterocycles. The number of rotatable bonds is 6. The molecule has 4 atom stereocenters. The molecule has 1 unspecified atom stereocenters. The van der Waals surface area contributed by atoms with Crippen LogP contribution in [0, 0.1) is 11.8 Å². The van der Waals surface area contributed by atoms with Crippen LogP contribution in [0.4, 0.5) is 0 Å². The van der Waals surface area contributed by atoms with Crippen molar-refractivity contribution in [1.29, 1.82) is 0 Å². The molecule has 3 fully saturated rings. The molecule has 0 spiro atoms. The molecule has 7 heteroatoms. The molecule has 3 saturated carbocycles. The summed E-state index contributed by atoms with van der Waals surface area (Å²) in [5, 5.41) is 5.49. The molecular formula is C47H54N4O3. The SMILES string of the molecule is C[C@H]1CC[C@H]2[C@H](C1)c1c(c3ccccc3c3nc4cc(C(=O)N(C5CCCCC5)C(C(=O)NC5CCCCC5)c5ccccc5)ccc4nc13)OC2(C)C. The summed E-state index contributed by atoms with van der Waals surface area (Å²) in [4.78, 5) is 42.2. The van der Waals surface area contributed by atoms with Gasteiger partial charge in [0, 0.05) is 39.9 Å². The van der Waals surface area contributed by atoms with Crippen molar-refractivity contribution >= 4 is 44.7 Å². The summed E-state index contributed by atoms with van der Waals surface area (Å²) in [5.74, 6) is 2.14. The van der Waals surface area contributed by atoms with Gasteiger partial charge in [0.1, 0.15) is 17.4 Å². The van der Waals surface area contributed by atoms with Crippen LogP contribution in [0.25, 0.3) is 32.8 Å². The Balaban J connectivity index is 1.16. The number of ether oxygens (including phenoxy) is 1. The zero-order chi connectivity index (χ0) is 37.0. The largest absolute Gasteiger partial charge is 0.487 e. The first kappa shape index (κ1) is 35.2. The number of hydrogen-bond acceptors (Lipinski definition) is 5. The molecule has 2 heterocycles. The number of fused-ring (bicyclic) bond motifs is 9. The van der Waals surface area contributed by atoms with E-state index in [1.54, 1.807) is 0 Å². The van der Waals surface area contributed by atoms with Gasteiger partial charge in [0.05, 0.1) is 22.1 Å². The molecule has 0 bridgehead atoms. The zero-order valence-electron chi connectivity index (χ0n) is 32.2. The number of nitrogens with one attached hydrogen (secondary N) is 1. The van der Waals surface area contributed by atoms with Gasteiger partial charge in [0.15, 0.2) is 0 Å². The lowest BCUT2D eigenvalue weighted by atomic mass is 9.64. The molecule has 0 saturated heterocycles. The van der Waals surface area contributed by atoms with Crippen LogP contribution in [-0.2, 0) is 4.79 Å². The Bertz CT molecular complexity index is 2200. The molecular weight excluding hydrogens is 669 g/mol. The smallest absolute Gasteiger partial charge is 0.255 e. The molecule has 2 amide bonds. The number of benzene rings is 4. The van der Waals surface area contributed by atoms with Gasteiger partial charge in [0.2, 0.25) is 5.91 Å². The third-order valence-electron chi connectivity index (χ3n) is 13.4. The standard InChI is InChI=1S/C47H54N4O3/c1-29-23-25-37-36(27-29)40-42-41(34-21-13-14-22-35(34)44(40)54-47(37,2)3)50-39-28-31(24-26-38(39)49-42)46(53)51(33-19-11-6-12-20-33)43(30-15-7-4-8-16-30)45(52)48-32-17-9-5-10-18-32/h4,7-8,13-16,21-22,24,26,28-29,32-33,36-37,43H,5-6,9-12,17-20,23,25,27H2,1-3H3,(H,48,52)/t29-,36-,37-,43?/m0/s1. The van der Waals surface area contributed by atoms with Gasteiger partial charge in [-0.05, 0) is 88.0 Å². The van der Waals surface area contributed by atoms with Crippen molar-refractivity contribution in [3.8, 4) is 5.75 Å². The fourth-order valence-electron chi connectivity index (χ4n) is 10.6. The minimum Gasteiger partial charge on any atom is -0.487 e. The lowest BCUT2D eigenvalue weighted by Gasteiger charge is -2.49. The van der Waals surface area contributed by atoms with E-state index >= 15 is 4.79 Å². The Morgan fingerprint density at radius 2 is 1.46 bits per heavy atom. The van der Waals surface area contributed by atoms with Gasteiger partial charge in [-0.25, -0.2) is 9.97 Å². The van der Waals surface area contributed by atoms with Gasteiger partial charge in [-0.1, -0.05) is 106 Å². The number of nitrogens with zero attached hydrogens (tertiary/aromatic N) is 3. The van der Waals surface area contributed by atoms with Crippen LogP contribution < -0.4 is 10.1 Å². The van der Waals surface area contributed by atoms with E-state index < -0.39 is 6.04 Å². The van der Waals surface area contributed by atoms with Crippen LogP contribution in [0.3, 0.4) is 0 Å². The monoisotopic (exact) mass is 722 g/mol. The summed E-state index contributed by atoms with van der Waals surface area (Å²) >= 11 is 0. The molecule has 1 N–H and O–H groups in total. The minimum absolute atomic E-state index is 0.0301. The number of carbonyl (C=O) groups excluding carboxylic acids is 2. The fraction of sp³-hybridized carbons (Fsp3) is 0.489.